The molecule has 0 aliphatic heterocycles. The Morgan fingerprint density at radius 2 is 1.59 bits per heavy atom. The van der Waals surface area contributed by atoms with Crippen molar-refractivity contribution in [3.8, 4) is 0 Å². The molecule has 2 atom stereocenters. The highest BCUT2D eigenvalue weighted by atomic mass is 19.4. The van der Waals surface area contributed by atoms with Crippen molar-refractivity contribution in [3.05, 3.63) is 58.8 Å². The molecule has 2 aromatic carbocycles. The maximum Gasteiger partial charge on any atom is 0.391 e. The van der Waals surface area contributed by atoms with E-state index in [1.165, 1.54) is 0 Å². The summed E-state index contributed by atoms with van der Waals surface area (Å²) in [5, 5.41) is 3.79. The second-order valence-electron chi connectivity index (χ2n) is 7.62. The third kappa shape index (κ3) is 3.86. The number of rotatable bonds is 3. The molecule has 1 saturated carbocycles. The lowest BCUT2D eigenvalue weighted by Gasteiger charge is -2.31. The lowest BCUT2D eigenvalue weighted by Crippen LogP contribution is -2.42. The summed E-state index contributed by atoms with van der Waals surface area (Å²) in [5.41, 5.74) is 1.15. The zero-order valence-electron chi connectivity index (χ0n) is 15.7. The largest absolute Gasteiger partial charge is 0.391 e. The van der Waals surface area contributed by atoms with Gasteiger partial charge in [-0.1, -0.05) is 30.7 Å². The molecular weight excluding hydrogens is 381 g/mol. The number of benzene rings is 2. The first-order chi connectivity index (χ1) is 13.8. The predicted octanol–water partition coefficient (Wildman–Crippen LogP) is 4.39. The molecule has 1 heterocycles. The Kier molecular flexibility index (Phi) is 5.06. The monoisotopic (exact) mass is 402 g/mol. The maximum absolute atomic E-state index is 13.0. The minimum atomic E-state index is -4.23. The van der Waals surface area contributed by atoms with Crippen LogP contribution in [0.3, 0.4) is 0 Å². The van der Waals surface area contributed by atoms with Gasteiger partial charge in [0, 0.05) is 16.8 Å². The number of hydrogen-bond donors (Lipinski definition) is 1. The van der Waals surface area contributed by atoms with Crippen LogP contribution >= 0.6 is 0 Å². The van der Waals surface area contributed by atoms with Crippen LogP contribution in [-0.2, 0) is 11.3 Å². The van der Waals surface area contributed by atoms with E-state index < -0.39 is 18.1 Å². The Balaban J connectivity index is 1.63. The van der Waals surface area contributed by atoms with E-state index in [0.717, 1.165) is 0 Å². The molecule has 1 aliphatic rings. The zero-order chi connectivity index (χ0) is 20.6. The fraction of sp³-hybridized carbons (Fsp3) is 0.364. The van der Waals surface area contributed by atoms with Gasteiger partial charge >= 0.3 is 6.18 Å². The zero-order valence-corrected chi connectivity index (χ0v) is 15.7. The number of aromatic nitrogens is 1. The summed E-state index contributed by atoms with van der Waals surface area (Å²) < 4.78 is 40.9. The van der Waals surface area contributed by atoms with Crippen molar-refractivity contribution in [1.29, 1.82) is 0 Å². The lowest BCUT2D eigenvalue weighted by atomic mass is 9.85. The van der Waals surface area contributed by atoms with Gasteiger partial charge in [0.1, 0.15) is 6.54 Å². The fourth-order valence-corrected chi connectivity index (χ4v) is 4.28. The topological polar surface area (TPSA) is 51.1 Å². The summed E-state index contributed by atoms with van der Waals surface area (Å²) in [5.74, 6) is -1.72. The van der Waals surface area contributed by atoms with E-state index in [9.17, 15) is 22.8 Å². The number of para-hydroxylation sites is 2. The number of pyridine rings is 1. The van der Waals surface area contributed by atoms with Crippen LogP contribution in [0.4, 0.5) is 13.2 Å². The number of halogens is 3. The van der Waals surface area contributed by atoms with Crippen LogP contribution in [0.15, 0.2) is 53.3 Å². The minimum Gasteiger partial charge on any atom is -0.352 e. The van der Waals surface area contributed by atoms with Gasteiger partial charge in [0.2, 0.25) is 5.91 Å². The normalized spacial score (nSPS) is 20.1. The molecule has 4 nitrogen and oxygen atoms in total. The standard InChI is InChI=1S/C22H21F3N2O2/c23-22(24,25)14-6-5-7-15(12-14)26-20(28)13-27-18-10-3-1-8-16(18)21(29)17-9-2-4-11-19(17)27/h1-4,8-11,14-15H,5-7,12-13H2,(H,26,28)/t14-,15+/m0/s1. The average molecular weight is 402 g/mol. The number of carbonyl (C=O) groups excluding carboxylic acids is 1. The Bertz CT molecular complexity index is 1060. The van der Waals surface area contributed by atoms with Crippen LogP contribution in [0, 0.1) is 5.92 Å². The fourth-order valence-electron chi connectivity index (χ4n) is 4.28. The summed E-state index contributed by atoms with van der Waals surface area (Å²) in [6.45, 7) is -0.0610. The highest BCUT2D eigenvalue weighted by Gasteiger charge is 2.42. The van der Waals surface area contributed by atoms with Crippen molar-refractivity contribution in [3.63, 3.8) is 0 Å². The number of nitrogens with one attached hydrogen (secondary N) is 1. The molecule has 0 radical (unpaired) electrons. The van der Waals surface area contributed by atoms with E-state index in [2.05, 4.69) is 5.32 Å². The van der Waals surface area contributed by atoms with Gasteiger partial charge in [0.25, 0.3) is 0 Å². The Morgan fingerprint density at radius 3 is 2.17 bits per heavy atom. The van der Waals surface area contributed by atoms with Crippen molar-refractivity contribution >= 4 is 27.7 Å². The Hall–Kier alpha value is -2.83. The van der Waals surface area contributed by atoms with Gasteiger partial charge < -0.3 is 9.88 Å². The molecule has 1 amide bonds. The molecule has 0 spiro atoms. The number of amides is 1. The van der Waals surface area contributed by atoms with Crippen LogP contribution < -0.4 is 10.7 Å². The summed E-state index contributed by atoms with van der Waals surface area (Å²) in [6, 6.07) is 13.6. The molecule has 29 heavy (non-hydrogen) atoms. The molecule has 7 heteroatoms. The summed E-state index contributed by atoms with van der Waals surface area (Å²) >= 11 is 0. The molecule has 1 aliphatic carbocycles. The Labute approximate surface area is 165 Å². The van der Waals surface area contributed by atoms with Gasteiger partial charge in [-0.15, -0.1) is 0 Å². The second-order valence-corrected chi connectivity index (χ2v) is 7.62. The molecule has 1 N–H and O–H groups in total. The first-order valence-electron chi connectivity index (χ1n) is 9.71. The Morgan fingerprint density at radius 1 is 1.00 bits per heavy atom. The molecule has 0 unspecified atom stereocenters. The van der Waals surface area contributed by atoms with Crippen LogP contribution in [0.1, 0.15) is 25.7 Å². The SMILES string of the molecule is O=C(Cn1c2ccccc2c(=O)c2ccccc21)N[C@@H]1CCC[C@H](C(F)(F)F)C1. The van der Waals surface area contributed by atoms with E-state index in [1.807, 2.05) is 0 Å². The number of alkyl halides is 3. The van der Waals surface area contributed by atoms with Crippen molar-refractivity contribution in [2.45, 2.75) is 44.4 Å². The highest BCUT2D eigenvalue weighted by molar-refractivity contribution is 5.94. The van der Waals surface area contributed by atoms with Gasteiger partial charge in [0.15, 0.2) is 5.43 Å². The van der Waals surface area contributed by atoms with E-state index in [1.54, 1.807) is 53.1 Å². The number of hydrogen-bond acceptors (Lipinski definition) is 2. The molecule has 152 valence electrons. The molecule has 0 saturated heterocycles. The molecule has 0 bridgehead atoms. The van der Waals surface area contributed by atoms with Crippen molar-refractivity contribution in [2.75, 3.05) is 0 Å². The highest BCUT2D eigenvalue weighted by Crippen LogP contribution is 2.37. The first-order valence-corrected chi connectivity index (χ1v) is 9.71. The molecular formula is C22H21F3N2O2. The number of carbonyl (C=O) groups is 1. The van der Waals surface area contributed by atoms with Crippen molar-refractivity contribution in [1.82, 2.24) is 9.88 Å². The van der Waals surface area contributed by atoms with Crippen LogP contribution in [0.2, 0.25) is 0 Å². The number of fused-ring (bicyclic) bond motifs is 2. The quantitative estimate of drug-likeness (QED) is 0.661. The van der Waals surface area contributed by atoms with Gasteiger partial charge in [-0.05, 0) is 43.5 Å². The van der Waals surface area contributed by atoms with Crippen LogP contribution in [-0.4, -0.2) is 22.7 Å². The van der Waals surface area contributed by atoms with Crippen molar-refractivity contribution in [2.24, 2.45) is 5.92 Å². The lowest BCUT2D eigenvalue weighted by molar-refractivity contribution is -0.184. The second kappa shape index (κ2) is 7.54. The molecule has 4 rings (SSSR count). The van der Waals surface area contributed by atoms with Gasteiger partial charge in [-0.2, -0.15) is 13.2 Å². The van der Waals surface area contributed by atoms with Gasteiger partial charge in [-0.25, -0.2) is 0 Å². The first kappa shape index (κ1) is 19.5. The van der Waals surface area contributed by atoms with E-state index in [0.29, 0.717) is 34.6 Å². The van der Waals surface area contributed by atoms with Gasteiger partial charge in [-0.3, -0.25) is 9.59 Å². The van der Waals surface area contributed by atoms with E-state index >= 15 is 0 Å². The third-order valence-electron chi connectivity index (χ3n) is 5.68. The maximum atomic E-state index is 13.0. The molecule has 1 fully saturated rings. The minimum absolute atomic E-state index is 0.0610. The summed E-state index contributed by atoms with van der Waals surface area (Å²) in [6.07, 6.45) is -3.21. The average Bonchev–Trinajstić information content (AvgIpc) is 2.71. The smallest absolute Gasteiger partial charge is 0.352 e. The van der Waals surface area contributed by atoms with Crippen LogP contribution in [0.5, 0.6) is 0 Å². The van der Waals surface area contributed by atoms with E-state index in [-0.39, 0.29) is 30.7 Å². The molecule has 1 aromatic heterocycles. The van der Waals surface area contributed by atoms with Crippen molar-refractivity contribution < 1.29 is 18.0 Å². The van der Waals surface area contributed by atoms with Gasteiger partial charge in [0.05, 0.1) is 17.0 Å². The third-order valence-corrected chi connectivity index (χ3v) is 5.68. The predicted molar refractivity (Wildman–Crippen MR) is 106 cm³/mol. The number of nitrogens with zero attached hydrogens (tertiary/aromatic N) is 1. The molecule has 3 aromatic rings. The summed E-state index contributed by atoms with van der Waals surface area (Å²) in [4.78, 5) is 25.5. The summed E-state index contributed by atoms with van der Waals surface area (Å²) in [7, 11) is 0. The van der Waals surface area contributed by atoms with Crippen LogP contribution in [0.25, 0.3) is 21.8 Å². The van der Waals surface area contributed by atoms with E-state index in [4.69, 9.17) is 0 Å².